The zero-order valence-electron chi connectivity index (χ0n) is 17.0. The second kappa shape index (κ2) is 11.1. The number of methoxy groups -OCH3 is 1. The fourth-order valence-electron chi connectivity index (χ4n) is 2.58. The van der Waals surface area contributed by atoms with E-state index in [9.17, 15) is 4.39 Å². The number of benzene rings is 2. The lowest BCUT2D eigenvalue weighted by atomic mass is 10.2. The Labute approximate surface area is 166 Å². The van der Waals surface area contributed by atoms with Crippen molar-refractivity contribution in [1.82, 2.24) is 5.32 Å². The first-order valence-corrected chi connectivity index (χ1v) is 9.18. The van der Waals surface area contributed by atoms with Gasteiger partial charge in [-0.2, -0.15) is 0 Å². The standard InChI is InChI=1S/C21H29FN4O2/c1-23-21(24-15-16-9-10-20(26(2)3)19(22)13-16)25-17-7-5-8-18(14-17)28-12-6-11-27-4/h5,7-10,13-14H,6,11-12,15H2,1-4H3,(H2,23,24,25). The minimum atomic E-state index is -0.245. The van der Waals surface area contributed by atoms with Gasteiger partial charge < -0.3 is 25.0 Å². The molecule has 0 bridgehead atoms. The first kappa shape index (κ1) is 21.5. The molecule has 0 saturated carbocycles. The fraction of sp³-hybridized carbons (Fsp3) is 0.381. The quantitative estimate of drug-likeness (QED) is 0.391. The molecule has 0 heterocycles. The SMILES string of the molecule is CN=C(NCc1ccc(N(C)C)c(F)c1)Nc1cccc(OCCCOC)c1. The highest BCUT2D eigenvalue weighted by Crippen LogP contribution is 2.19. The lowest BCUT2D eigenvalue weighted by molar-refractivity contribution is 0.172. The number of anilines is 2. The third-order valence-corrected chi connectivity index (χ3v) is 4.04. The Kier molecular flexibility index (Phi) is 8.55. The number of nitrogens with one attached hydrogen (secondary N) is 2. The number of guanidine groups is 1. The molecular weight excluding hydrogens is 359 g/mol. The number of nitrogens with zero attached hydrogens (tertiary/aromatic N) is 2. The highest BCUT2D eigenvalue weighted by atomic mass is 19.1. The van der Waals surface area contributed by atoms with Crippen molar-refractivity contribution in [3.05, 3.63) is 53.8 Å². The molecule has 0 atom stereocenters. The molecule has 0 aliphatic carbocycles. The molecule has 0 unspecified atom stereocenters. The Morgan fingerprint density at radius 2 is 1.96 bits per heavy atom. The average molecular weight is 388 g/mol. The van der Waals surface area contributed by atoms with Crippen molar-refractivity contribution in [2.75, 3.05) is 51.7 Å². The minimum Gasteiger partial charge on any atom is -0.493 e. The van der Waals surface area contributed by atoms with Crippen LogP contribution in [0, 0.1) is 5.82 Å². The highest BCUT2D eigenvalue weighted by Gasteiger charge is 2.06. The van der Waals surface area contributed by atoms with E-state index >= 15 is 0 Å². The predicted molar refractivity (Wildman–Crippen MR) is 113 cm³/mol. The molecule has 0 radical (unpaired) electrons. The van der Waals surface area contributed by atoms with Crippen LogP contribution in [-0.4, -0.2) is 47.4 Å². The van der Waals surface area contributed by atoms with Crippen LogP contribution in [0.3, 0.4) is 0 Å². The topological polar surface area (TPSA) is 58.1 Å². The predicted octanol–water partition coefficient (Wildman–Crippen LogP) is 3.49. The first-order valence-electron chi connectivity index (χ1n) is 9.18. The van der Waals surface area contributed by atoms with Crippen molar-refractivity contribution >= 4 is 17.3 Å². The van der Waals surface area contributed by atoms with Crippen LogP contribution < -0.4 is 20.3 Å². The van der Waals surface area contributed by atoms with Gasteiger partial charge in [0.15, 0.2) is 5.96 Å². The van der Waals surface area contributed by atoms with Gasteiger partial charge in [-0.3, -0.25) is 4.99 Å². The maximum Gasteiger partial charge on any atom is 0.195 e. The minimum absolute atomic E-state index is 0.245. The third-order valence-electron chi connectivity index (χ3n) is 4.04. The van der Waals surface area contributed by atoms with E-state index in [1.807, 2.05) is 44.4 Å². The molecule has 2 rings (SSSR count). The Morgan fingerprint density at radius 1 is 1.14 bits per heavy atom. The van der Waals surface area contributed by atoms with Crippen molar-refractivity contribution in [3.63, 3.8) is 0 Å². The van der Waals surface area contributed by atoms with E-state index in [1.54, 1.807) is 25.1 Å². The van der Waals surface area contributed by atoms with E-state index in [2.05, 4.69) is 15.6 Å². The van der Waals surface area contributed by atoms with Crippen molar-refractivity contribution in [3.8, 4) is 5.75 Å². The van der Waals surface area contributed by atoms with Gasteiger partial charge in [0.25, 0.3) is 0 Å². The number of halogens is 1. The number of aliphatic imine (C=N–C) groups is 1. The molecular formula is C21H29FN4O2. The van der Waals surface area contributed by atoms with Crippen molar-refractivity contribution in [1.29, 1.82) is 0 Å². The first-order chi connectivity index (χ1) is 13.5. The van der Waals surface area contributed by atoms with E-state index in [4.69, 9.17) is 9.47 Å². The average Bonchev–Trinajstić information content (AvgIpc) is 2.68. The summed E-state index contributed by atoms with van der Waals surface area (Å²) in [5.41, 5.74) is 2.25. The third kappa shape index (κ3) is 6.74. The smallest absolute Gasteiger partial charge is 0.195 e. The Bertz CT molecular complexity index is 781. The van der Waals surface area contributed by atoms with Gasteiger partial charge in [0.2, 0.25) is 0 Å². The fourth-order valence-corrected chi connectivity index (χ4v) is 2.58. The molecule has 0 fully saturated rings. The van der Waals surface area contributed by atoms with Gasteiger partial charge in [-0.25, -0.2) is 4.39 Å². The van der Waals surface area contributed by atoms with Crippen LogP contribution in [-0.2, 0) is 11.3 Å². The zero-order valence-corrected chi connectivity index (χ0v) is 17.0. The Hall–Kier alpha value is -2.80. The van der Waals surface area contributed by atoms with E-state index < -0.39 is 0 Å². The summed E-state index contributed by atoms with van der Waals surface area (Å²) in [6, 6.07) is 12.9. The summed E-state index contributed by atoms with van der Waals surface area (Å²) in [6.45, 7) is 1.72. The van der Waals surface area contributed by atoms with Gasteiger partial charge in [-0.1, -0.05) is 12.1 Å². The monoisotopic (exact) mass is 388 g/mol. The second-order valence-electron chi connectivity index (χ2n) is 6.45. The molecule has 0 amide bonds. The lowest BCUT2D eigenvalue weighted by Gasteiger charge is -2.16. The van der Waals surface area contributed by atoms with E-state index in [-0.39, 0.29) is 5.82 Å². The molecule has 7 heteroatoms. The van der Waals surface area contributed by atoms with Gasteiger partial charge in [0.1, 0.15) is 11.6 Å². The molecule has 0 aliphatic rings. The molecule has 2 N–H and O–H groups in total. The van der Waals surface area contributed by atoms with Crippen LogP contribution in [0.15, 0.2) is 47.5 Å². The maximum atomic E-state index is 14.1. The van der Waals surface area contributed by atoms with Crippen LogP contribution >= 0.6 is 0 Å². The van der Waals surface area contributed by atoms with Gasteiger partial charge in [-0.05, 0) is 29.8 Å². The lowest BCUT2D eigenvalue weighted by Crippen LogP contribution is -2.30. The van der Waals surface area contributed by atoms with Crippen molar-refractivity contribution < 1.29 is 13.9 Å². The molecule has 2 aromatic carbocycles. The number of hydrogen-bond donors (Lipinski definition) is 2. The molecule has 0 aliphatic heterocycles. The van der Waals surface area contributed by atoms with Gasteiger partial charge >= 0.3 is 0 Å². The van der Waals surface area contributed by atoms with Gasteiger partial charge in [-0.15, -0.1) is 0 Å². The number of ether oxygens (including phenoxy) is 2. The van der Waals surface area contributed by atoms with E-state index in [0.29, 0.717) is 31.4 Å². The van der Waals surface area contributed by atoms with Crippen molar-refractivity contribution in [2.24, 2.45) is 4.99 Å². The Morgan fingerprint density at radius 3 is 2.64 bits per heavy atom. The van der Waals surface area contributed by atoms with Crippen LogP contribution in [0.1, 0.15) is 12.0 Å². The van der Waals surface area contributed by atoms with Gasteiger partial charge in [0.05, 0.1) is 12.3 Å². The summed E-state index contributed by atoms with van der Waals surface area (Å²) < 4.78 is 24.8. The number of hydrogen-bond acceptors (Lipinski definition) is 4. The summed E-state index contributed by atoms with van der Waals surface area (Å²) in [7, 11) is 7.00. The summed E-state index contributed by atoms with van der Waals surface area (Å²) in [5.74, 6) is 1.12. The van der Waals surface area contributed by atoms with Gasteiger partial charge in [0, 0.05) is 59.6 Å². The largest absolute Gasteiger partial charge is 0.493 e. The van der Waals surface area contributed by atoms with E-state index in [1.165, 1.54) is 6.07 Å². The van der Waals surface area contributed by atoms with E-state index in [0.717, 1.165) is 23.4 Å². The van der Waals surface area contributed by atoms with Crippen molar-refractivity contribution in [2.45, 2.75) is 13.0 Å². The normalized spacial score (nSPS) is 11.2. The van der Waals surface area contributed by atoms with Crippen LogP contribution in [0.25, 0.3) is 0 Å². The Balaban J connectivity index is 1.91. The maximum absolute atomic E-state index is 14.1. The molecule has 6 nitrogen and oxygen atoms in total. The van der Waals surface area contributed by atoms with Crippen LogP contribution in [0.4, 0.5) is 15.8 Å². The zero-order chi connectivity index (χ0) is 20.4. The second-order valence-corrected chi connectivity index (χ2v) is 6.45. The summed E-state index contributed by atoms with van der Waals surface area (Å²) in [6.07, 6.45) is 0.834. The molecule has 28 heavy (non-hydrogen) atoms. The molecule has 0 saturated heterocycles. The molecule has 152 valence electrons. The summed E-state index contributed by atoms with van der Waals surface area (Å²) in [4.78, 5) is 5.97. The van der Waals surface area contributed by atoms with Crippen LogP contribution in [0.5, 0.6) is 5.75 Å². The number of rotatable bonds is 9. The molecule has 0 spiro atoms. The summed E-state index contributed by atoms with van der Waals surface area (Å²) in [5, 5.41) is 6.41. The summed E-state index contributed by atoms with van der Waals surface area (Å²) >= 11 is 0. The molecule has 0 aromatic heterocycles. The molecule has 2 aromatic rings. The van der Waals surface area contributed by atoms with Crippen LogP contribution in [0.2, 0.25) is 0 Å². The highest BCUT2D eigenvalue weighted by molar-refractivity contribution is 5.93.